The maximum Gasteiger partial charge on any atom is 0.242 e. The maximum absolute atomic E-state index is 12.7. The highest BCUT2D eigenvalue weighted by Crippen LogP contribution is 2.20. The van der Waals surface area contributed by atoms with Crippen molar-refractivity contribution in [3.05, 3.63) is 0 Å². The first-order chi connectivity index (χ1) is 14.7. The number of nitrogens with one attached hydrogen (secondary N) is 1. The summed E-state index contributed by atoms with van der Waals surface area (Å²) in [5, 5.41) is 3.06. The van der Waals surface area contributed by atoms with Crippen LogP contribution in [0.3, 0.4) is 0 Å². The van der Waals surface area contributed by atoms with E-state index in [4.69, 9.17) is 5.73 Å². The Hall–Kier alpha value is -1.10. The zero-order chi connectivity index (χ0) is 21.9. The second-order valence-electron chi connectivity index (χ2n) is 9.02. The van der Waals surface area contributed by atoms with E-state index in [1.807, 2.05) is 4.90 Å². The Kier molecular flexibility index (Phi) is 16.7. The SMILES string of the molecule is CCCCCCCCCCCCC(=O)N1CCCC[C@H]1C(=O)NCCCCCCN. The van der Waals surface area contributed by atoms with Crippen LogP contribution in [-0.4, -0.2) is 42.4 Å². The topological polar surface area (TPSA) is 75.4 Å². The Labute approximate surface area is 185 Å². The molecule has 5 nitrogen and oxygen atoms in total. The molecule has 1 saturated heterocycles. The van der Waals surface area contributed by atoms with Crippen LogP contribution in [0.15, 0.2) is 0 Å². The summed E-state index contributed by atoms with van der Waals surface area (Å²) in [6.07, 6.45) is 20.5. The Morgan fingerprint density at radius 1 is 0.833 bits per heavy atom. The molecule has 3 N–H and O–H groups in total. The molecule has 0 saturated carbocycles. The molecule has 0 aromatic carbocycles. The van der Waals surface area contributed by atoms with Crippen LogP contribution in [0.5, 0.6) is 0 Å². The van der Waals surface area contributed by atoms with Gasteiger partial charge in [-0.2, -0.15) is 0 Å². The zero-order valence-corrected chi connectivity index (χ0v) is 19.8. The van der Waals surface area contributed by atoms with Crippen molar-refractivity contribution < 1.29 is 9.59 Å². The van der Waals surface area contributed by atoms with E-state index in [-0.39, 0.29) is 17.9 Å². The molecule has 1 atom stereocenters. The number of piperidine rings is 1. The normalized spacial score (nSPS) is 16.6. The van der Waals surface area contributed by atoms with E-state index >= 15 is 0 Å². The highest BCUT2D eigenvalue weighted by atomic mass is 16.2. The van der Waals surface area contributed by atoms with Gasteiger partial charge in [-0.05, 0) is 45.1 Å². The van der Waals surface area contributed by atoms with Crippen LogP contribution in [0, 0.1) is 0 Å². The van der Waals surface area contributed by atoms with Gasteiger partial charge in [0.05, 0.1) is 0 Å². The molecule has 2 amide bonds. The molecular formula is C25H49N3O2. The fraction of sp³-hybridized carbons (Fsp3) is 0.920. The molecule has 1 fully saturated rings. The first-order valence-electron chi connectivity index (χ1n) is 13.0. The smallest absolute Gasteiger partial charge is 0.242 e. The Balaban J connectivity index is 2.16. The summed E-state index contributed by atoms with van der Waals surface area (Å²) in [7, 11) is 0. The molecule has 0 bridgehead atoms. The monoisotopic (exact) mass is 423 g/mol. The predicted octanol–water partition coefficient (Wildman–Crippen LogP) is 5.31. The molecule has 0 aliphatic carbocycles. The van der Waals surface area contributed by atoms with E-state index in [9.17, 15) is 9.59 Å². The van der Waals surface area contributed by atoms with Crippen molar-refractivity contribution in [1.29, 1.82) is 0 Å². The van der Waals surface area contributed by atoms with Gasteiger partial charge in [-0.25, -0.2) is 0 Å². The largest absolute Gasteiger partial charge is 0.354 e. The van der Waals surface area contributed by atoms with Crippen molar-refractivity contribution in [1.82, 2.24) is 10.2 Å². The lowest BCUT2D eigenvalue weighted by Crippen LogP contribution is -2.52. The molecule has 1 aliphatic heterocycles. The first kappa shape index (κ1) is 26.9. The van der Waals surface area contributed by atoms with Gasteiger partial charge in [-0.1, -0.05) is 77.6 Å². The summed E-state index contributed by atoms with van der Waals surface area (Å²) in [5.74, 6) is 0.224. The zero-order valence-electron chi connectivity index (χ0n) is 19.8. The summed E-state index contributed by atoms with van der Waals surface area (Å²) in [5.41, 5.74) is 5.51. The van der Waals surface area contributed by atoms with Crippen molar-refractivity contribution >= 4 is 11.8 Å². The lowest BCUT2D eigenvalue weighted by atomic mass is 10.00. The number of likely N-dealkylation sites (tertiary alicyclic amines) is 1. The van der Waals surface area contributed by atoms with E-state index in [1.54, 1.807) is 0 Å². The van der Waals surface area contributed by atoms with Crippen molar-refractivity contribution in [2.24, 2.45) is 5.73 Å². The number of hydrogen-bond acceptors (Lipinski definition) is 3. The lowest BCUT2D eigenvalue weighted by molar-refractivity contribution is -0.142. The highest BCUT2D eigenvalue weighted by molar-refractivity contribution is 5.87. The van der Waals surface area contributed by atoms with Crippen LogP contribution in [0.1, 0.15) is 122 Å². The molecule has 0 unspecified atom stereocenters. The van der Waals surface area contributed by atoms with Gasteiger partial charge in [0, 0.05) is 19.5 Å². The molecule has 1 aliphatic rings. The lowest BCUT2D eigenvalue weighted by Gasteiger charge is -2.35. The number of nitrogens with two attached hydrogens (primary N) is 1. The molecule has 1 heterocycles. The summed E-state index contributed by atoms with van der Waals surface area (Å²) in [4.78, 5) is 27.2. The van der Waals surface area contributed by atoms with Crippen LogP contribution in [-0.2, 0) is 9.59 Å². The number of carbonyl (C=O) groups is 2. The third-order valence-corrected chi connectivity index (χ3v) is 6.30. The fourth-order valence-electron chi connectivity index (χ4n) is 4.36. The maximum atomic E-state index is 12.7. The quantitative estimate of drug-likeness (QED) is 0.293. The summed E-state index contributed by atoms with van der Waals surface area (Å²) in [6, 6.07) is -0.251. The highest BCUT2D eigenvalue weighted by Gasteiger charge is 2.31. The Morgan fingerprint density at radius 2 is 1.43 bits per heavy atom. The number of unbranched alkanes of at least 4 members (excludes halogenated alkanes) is 12. The van der Waals surface area contributed by atoms with Crippen LogP contribution >= 0.6 is 0 Å². The van der Waals surface area contributed by atoms with Gasteiger partial charge >= 0.3 is 0 Å². The van der Waals surface area contributed by atoms with Crippen LogP contribution < -0.4 is 11.1 Å². The van der Waals surface area contributed by atoms with Crippen LogP contribution in [0.4, 0.5) is 0 Å². The van der Waals surface area contributed by atoms with Gasteiger partial charge in [0.15, 0.2) is 0 Å². The van der Waals surface area contributed by atoms with Crippen molar-refractivity contribution in [3.63, 3.8) is 0 Å². The number of nitrogens with zero attached hydrogens (tertiary/aromatic N) is 1. The number of carbonyl (C=O) groups excluding carboxylic acids is 2. The van der Waals surface area contributed by atoms with E-state index in [0.717, 1.165) is 70.9 Å². The van der Waals surface area contributed by atoms with E-state index in [1.165, 1.54) is 51.4 Å². The second kappa shape index (κ2) is 18.7. The fourth-order valence-corrected chi connectivity index (χ4v) is 4.36. The molecule has 0 radical (unpaired) electrons. The van der Waals surface area contributed by atoms with E-state index < -0.39 is 0 Å². The van der Waals surface area contributed by atoms with Crippen LogP contribution in [0.25, 0.3) is 0 Å². The molecule has 0 aromatic heterocycles. The average Bonchev–Trinajstić information content (AvgIpc) is 2.77. The van der Waals surface area contributed by atoms with Crippen molar-refractivity contribution in [2.45, 2.75) is 129 Å². The van der Waals surface area contributed by atoms with E-state index in [2.05, 4.69) is 12.2 Å². The Morgan fingerprint density at radius 3 is 2.10 bits per heavy atom. The predicted molar refractivity (Wildman–Crippen MR) is 126 cm³/mol. The van der Waals surface area contributed by atoms with Gasteiger partial charge in [-0.3, -0.25) is 9.59 Å². The molecule has 0 aromatic rings. The number of amides is 2. The van der Waals surface area contributed by atoms with Crippen LogP contribution in [0.2, 0.25) is 0 Å². The minimum atomic E-state index is -0.251. The molecule has 176 valence electrons. The summed E-state index contributed by atoms with van der Waals surface area (Å²) < 4.78 is 0. The van der Waals surface area contributed by atoms with Gasteiger partial charge in [0.2, 0.25) is 11.8 Å². The van der Waals surface area contributed by atoms with Gasteiger partial charge < -0.3 is 16.0 Å². The minimum Gasteiger partial charge on any atom is -0.354 e. The van der Waals surface area contributed by atoms with Crippen molar-refractivity contribution in [2.75, 3.05) is 19.6 Å². The third-order valence-electron chi connectivity index (χ3n) is 6.30. The molecule has 1 rings (SSSR count). The second-order valence-corrected chi connectivity index (χ2v) is 9.02. The van der Waals surface area contributed by atoms with E-state index in [0.29, 0.717) is 13.0 Å². The number of rotatable bonds is 18. The molecular weight excluding hydrogens is 374 g/mol. The summed E-state index contributed by atoms with van der Waals surface area (Å²) >= 11 is 0. The first-order valence-corrected chi connectivity index (χ1v) is 13.0. The third kappa shape index (κ3) is 12.6. The average molecular weight is 424 g/mol. The van der Waals surface area contributed by atoms with Crippen molar-refractivity contribution in [3.8, 4) is 0 Å². The molecule has 0 spiro atoms. The van der Waals surface area contributed by atoms with Gasteiger partial charge in [-0.15, -0.1) is 0 Å². The molecule has 30 heavy (non-hydrogen) atoms. The van der Waals surface area contributed by atoms with Gasteiger partial charge in [0.1, 0.15) is 6.04 Å². The minimum absolute atomic E-state index is 0.0462. The number of hydrogen-bond donors (Lipinski definition) is 2. The standard InChI is InChI=1S/C25H49N3O2/c1-2-3-4-5-6-7-8-9-10-13-19-24(29)28-22-17-14-18-23(28)25(30)27-21-16-12-11-15-20-26/h23H,2-22,26H2,1H3,(H,27,30)/t23-/m0/s1. The Bertz CT molecular complexity index is 442. The van der Waals surface area contributed by atoms with Gasteiger partial charge in [0.25, 0.3) is 0 Å². The summed E-state index contributed by atoms with van der Waals surface area (Å²) in [6.45, 7) is 4.45. The molecule has 5 heteroatoms.